The van der Waals surface area contributed by atoms with Crippen LogP contribution in [-0.4, -0.2) is 19.6 Å². The molecule has 0 unspecified atom stereocenters. The van der Waals surface area contributed by atoms with Gasteiger partial charge in [-0.25, -0.2) is 0 Å². The Morgan fingerprint density at radius 1 is 1.44 bits per heavy atom. The maximum atomic E-state index is 11.8. The van der Waals surface area contributed by atoms with Crippen molar-refractivity contribution in [2.45, 2.75) is 26.2 Å². The lowest BCUT2D eigenvalue weighted by Crippen LogP contribution is -2.24. The van der Waals surface area contributed by atoms with Gasteiger partial charge in [0.2, 0.25) is 0 Å². The number of rotatable bonds is 6. The topological polar surface area (TPSA) is 62.1 Å². The van der Waals surface area contributed by atoms with Gasteiger partial charge in [0.1, 0.15) is 5.75 Å². The van der Waals surface area contributed by atoms with Gasteiger partial charge in [0.05, 0.1) is 13.2 Å². The van der Waals surface area contributed by atoms with E-state index in [-0.39, 0.29) is 5.91 Å². The molecule has 0 saturated carbocycles. The molecule has 0 aliphatic carbocycles. The molecule has 0 atom stereocenters. The average molecular weight is 246 g/mol. The lowest BCUT2D eigenvalue weighted by molar-refractivity contribution is 0.0952. The highest BCUT2D eigenvalue weighted by Crippen LogP contribution is 2.18. The standard InChI is InChI=1S/C14H18N2O2/c1-11-6-7-12(10-13(11)18-2)14(17)16-9-5-3-4-8-15/h6-7,10H,3-5,9H2,1-2H3,(H,16,17). The van der Waals surface area contributed by atoms with E-state index < -0.39 is 0 Å². The number of nitrogens with one attached hydrogen (secondary N) is 1. The molecule has 4 nitrogen and oxygen atoms in total. The number of carbonyl (C=O) groups excluding carboxylic acids is 1. The van der Waals surface area contributed by atoms with Crippen molar-refractivity contribution in [1.82, 2.24) is 5.32 Å². The highest BCUT2D eigenvalue weighted by molar-refractivity contribution is 5.94. The second kappa shape index (κ2) is 7.33. The van der Waals surface area contributed by atoms with E-state index in [1.165, 1.54) is 0 Å². The average Bonchev–Trinajstić information content (AvgIpc) is 2.38. The summed E-state index contributed by atoms with van der Waals surface area (Å²) in [6, 6.07) is 7.46. The van der Waals surface area contributed by atoms with Crippen LogP contribution in [0.1, 0.15) is 35.2 Å². The molecule has 1 amide bonds. The lowest BCUT2D eigenvalue weighted by atomic mass is 10.1. The van der Waals surface area contributed by atoms with Crippen LogP contribution >= 0.6 is 0 Å². The van der Waals surface area contributed by atoms with Gasteiger partial charge in [0, 0.05) is 18.5 Å². The van der Waals surface area contributed by atoms with Crippen molar-refractivity contribution in [1.29, 1.82) is 5.26 Å². The molecule has 1 N–H and O–H groups in total. The number of amides is 1. The molecule has 0 heterocycles. The molecular formula is C14H18N2O2. The predicted octanol–water partition coefficient (Wildman–Crippen LogP) is 2.43. The molecule has 4 heteroatoms. The van der Waals surface area contributed by atoms with Crippen LogP contribution in [0.5, 0.6) is 5.75 Å². The molecule has 0 aromatic heterocycles. The minimum atomic E-state index is -0.106. The third kappa shape index (κ3) is 4.10. The second-order valence-corrected chi connectivity index (χ2v) is 4.06. The molecule has 1 rings (SSSR count). The molecule has 0 aliphatic rings. The zero-order chi connectivity index (χ0) is 13.4. The van der Waals surface area contributed by atoms with E-state index in [9.17, 15) is 4.79 Å². The Bertz CT molecular complexity index is 450. The van der Waals surface area contributed by atoms with E-state index in [0.29, 0.717) is 24.3 Å². The van der Waals surface area contributed by atoms with Crippen molar-refractivity contribution in [2.75, 3.05) is 13.7 Å². The summed E-state index contributed by atoms with van der Waals surface area (Å²) >= 11 is 0. The molecular weight excluding hydrogens is 228 g/mol. The first-order valence-electron chi connectivity index (χ1n) is 5.99. The van der Waals surface area contributed by atoms with Crippen LogP contribution in [0.25, 0.3) is 0 Å². The molecule has 0 bridgehead atoms. The fraction of sp³-hybridized carbons (Fsp3) is 0.429. The van der Waals surface area contributed by atoms with Gasteiger partial charge in [-0.1, -0.05) is 6.07 Å². The number of nitrogens with zero attached hydrogens (tertiary/aromatic N) is 1. The predicted molar refractivity (Wildman–Crippen MR) is 69.5 cm³/mol. The summed E-state index contributed by atoms with van der Waals surface area (Å²) in [6.45, 7) is 2.53. The summed E-state index contributed by atoms with van der Waals surface area (Å²) in [6.07, 6.45) is 2.17. The van der Waals surface area contributed by atoms with E-state index in [1.54, 1.807) is 19.2 Å². The fourth-order valence-electron chi connectivity index (χ4n) is 1.59. The molecule has 0 fully saturated rings. The monoisotopic (exact) mass is 246 g/mol. The van der Waals surface area contributed by atoms with Crippen molar-refractivity contribution in [3.63, 3.8) is 0 Å². The third-order valence-electron chi connectivity index (χ3n) is 2.67. The van der Waals surface area contributed by atoms with Gasteiger partial charge in [-0.15, -0.1) is 0 Å². The van der Waals surface area contributed by atoms with Crippen LogP contribution in [0, 0.1) is 18.3 Å². The number of aryl methyl sites for hydroxylation is 1. The Hall–Kier alpha value is -2.02. The zero-order valence-electron chi connectivity index (χ0n) is 10.8. The first-order chi connectivity index (χ1) is 8.69. The van der Waals surface area contributed by atoms with Gasteiger partial charge in [-0.2, -0.15) is 5.26 Å². The van der Waals surface area contributed by atoms with Crippen molar-refractivity contribution in [2.24, 2.45) is 0 Å². The molecule has 96 valence electrons. The lowest BCUT2D eigenvalue weighted by Gasteiger charge is -2.08. The number of methoxy groups -OCH3 is 1. The summed E-state index contributed by atoms with van der Waals surface area (Å²) in [5.74, 6) is 0.609. The number of unbranched alkanes of at least 4 members (excludes halogenated alkanes) is 2. The maximum Gasteiger partial charge on any atom is 0.251 e. The van der Waals surface area contributed by atoms with E-state index in [1.807, 2.05) is 13.0 Å². The third-order valence-corrected chi connectivity index (χ3v) is 2.67. The Morgan fingerprint density at radius 3 is 2.89 bits per heavy atom. The molecule has 0 radical (unpaired) electrons. The zero-order valence-corrected chi connectivity index (χ0v) is 10.8. The molecule has 0 saturated heterocycles. The largest absolute Gasteiger partial charge is 0.496 e. The Kier molecular flexibility index (Phi) is 5.72. The maximum absolute atomic E-state index is 11.8. The van der Waals surface area contributed by atoms with Gasteiger partial charge in [0.15, 0.2) is 0 Å². The molecule has 0 spiro atoms. The smallest absolute Gasteiger partial charge is 0.251 e. The number of hydrogen-bond donors (Lipinski definition) is 1. The van der Waals surface area contributed by atoms with Gasteiger partial charge >= 0.3 is 0 Å². The summed E-state index contributed by atoms with van der Waals surface area (Å²) in [5, 5.41) is 11.2. The Balaban J connectivity index is 2.49. The van der Waals surface area contributed by atoms with Crippen LogP contribution < -0.4 is 10.1 Å². The van der Waals surface area contributed by atoms with Gasteiger partial charge in [-0.05, 0) is 37.5 Å². The van der Waals surface area contributed by atoms with Gasteiger partial charge < -0.3 is 10.1 Å². The van der Waals surface area contributed by atoms with Crippen molar-refractivity contribution >= 4 is 5.91 Å². The normalized spacial score (nSPS) is 9.61. The Labute approximate surface area is 108 Å². The number of ether oxygens (including phenoxy) is 1. The van der Waals surface area contributed by atoms with E-state index >= 15 is 0 Å². The summed E-state index contributed by atoms with van der Waals surface area (Å²) in [4.78, 5) is 11.8. The van der Waals surface area contributed by atoms with E-state index in [0.717, 1.165) is 18.4 Å². The number of hydrogen-bond acceptors (Lipinski definition) is 3. The molecule has 18 heavy (non-hydrogen) atoms. The highest BCUT2D eigenvalue weighted by Gasteiger charge is 2.07. The minimum absolute atomic E-state index is 0.106. The first-order valence-corrected chi connectivity index (χ1v) is 5.99. The second-order valence-electron chi connectivity index (χ2n) is 4.06. The number of benzene rings is 1. The summed E-state index contributed by atoms with van der Waals surface area (Å²) < 4.78 is 5.18. The van der Waals surface area contributed by atoms with Gasteiger partial charge in [-0.3, -0.25) is 4.79 Å². The quantitative estimate of drug-likeness (QED) is 0.784. The molecule has 0 aliphatic heterocycles. The molecule has 1 aromatic rings. The van der Waals surface area contributed by atoms with Crippen LogP contribution in [0.3, 0.4) is 0 Å². The number of carbonyl (C=O) groups is 1. The fourth-order valence-corrected chi connectivity index (χ4v) is 1.59. The van der Waals surface area contributed by atoms with Crippen molar-refractivity contribution in [3.8, 4) is 11.8 Å². The Morgan fingerprint density at radius 2 is 2.22 bits per heavy atom. The van der Waals surface area contributed by atoms with E-state index in [4.69, 9.17) is 10.00 Å². The van der Waals surface area contributed by atoms with Gasteiger partial charge in [0.25, 0.3) is 5.91 Å². The summed E-state index contributed by atoms with van der Waals surface area (Å²) in [7, 11) is 1.59. The van der Waals surface area contributed by atoms with Crippen LogP contribution in [0.2, 0.25) is 0 Å². The van der Waals surface area contributed by atoms with Crippen LogP contribution in [0.4, 0.5) is 0 Å². The highest BCUT2D eigenvalue weighted by atomic mass is 16.5. The molecule has 1 aromatic carbocycles. The first kappa shape index (κ1) is 14.0. The summed E-state index contributed by atoms with van der Waals surface area (Å²) in [5.41, 5.74) is 1.60. The SMILES string of the molecule is COc1cc(C(=O)NCCCCC#N)ccc1C. The van der Waals surface area contributed by atoms with Crippen molar-refractivity contribution < 1.29 is 9.53 Å². The van der Waals surface area contributed by atoms with Crippen molar-refractivity contribution in [3.05, 3.63) is 29.3 Å². The minimum Gasteiger partial charge on any atom is -0.496 e. The van der Waals surface area contributed by atoms with E-state index in [2.05, 4.69) is 11.4 Å². The van der Waals surface area contributed by atoms with Crippen LogP contribution in [-0.2, 0) is 0 Å². The van der Waals surface area contributed by atoms with Crippen LogP contribution in [0.15, 0.2) is 18.2 Å². The number of nitriles is 1.